The van der Waals surface area contributed by atoms with Gasteiger partial charge in [0.05, 0.1) is 5.56 Å². The number of hydrogen-bond acceptors (Lipinski definition) is 0. The van der Waals surface area contributed by atoms with Crippen LogP contribution in [0.2, 0.25) is 0 Å². The number of nitrogens with zero attached hydrogens (tertiary/aromatic N) is 1. The van der Waals surface area contributed by atoms with Gasteiger partial charge in [-0.3, -0.25) is 0 Å². The number of hydrogen-bond donors (Lipinski definition) is 0. The topological polar surface area (TPSA) is 3.88 Å². The van der Waals surface area contributed by atoms with Gasteiger partial charge in [0.1, 0.15) is 7.05 Å². The molecule has 1 nitrogen and oxygen atoms in total. The molecular weight excluding hydrogens is 338 g/mol. The molecule has 0 radical (unpaired) electrons. The summed E-state index contributed by atoms with van der Waals surface area (Å²) in [6.45, 7) is 11.2. The zero-order valence-corrected chi connectivity index (χ0v) is 18.1. The molecule has 4 rings (SSSR count). The fraction of sp³-hybridized carbons (Fsp3) is 0.370. The van der Waals surface area contributed by atoms with Crippen molar-refractivity contribution in [2.75, 3.05) is 0 Å². The van der Waals surface area contributed by atoms with Gasteiger partial charge in [0, 0.05) is 26.6 Å². The second-order valence-corrected chi connectivity index (χ2v) is 9.34. The van der Waals surface area contributed by atoms with Gasteiger partial charge in [-0.25, -0.2) is 4.57 Å². The Hall–Kier alpha value is -2.41. The Bertz CT molecular complexity index is 1200. The van der Waals surface area contributed by atoms with Gasteiger partial charge in [-0.05, 0) is 54.1 Å². The highest BCUT2D eigenvalue weighted by Gasteiger charge is 2.44. The average Bonchev–Trinajstić information content (AvgIpc) is 2.67. The third kappa shape index (κ3) is 2.49. The lowest BCUT2D eigenvalue weighted by Gasteiger charge is -2.45. The number of pyridine rings is 1. The molecule has 0 unspecified atom stereocenters. The summed E-state index contributed by atoms with van der Waals surface area (Å²) in [6.07, 6.45) is 1.78. The van der Waals surface area contributed by atoms with Gasteiger partial charge in [-0.1, -0.05) is 64.1 Å². The molecule has 1 aromatic heterocycles. The van der Waals surface area contributed by atoms with Crippen molar-refractivity contribution in [2.45, 2.75) is 59.2 Å². The van der Waals surface area contributed by atoms with Crippen LogP contribution in [0.25, 0.3) is 11.3 Å². The van der Waals surface area contributed by atoms with Crippen LogP contribution in [0.3, 0.4) is 0 Å². The number of aryl methyl sites for hydroxylation is 4. The van der Waals surface area contributed by atoms with Crippen LogP contribution < -0.4 is 4.57 Å². The molecule has 0 fully saturated rings. The zero-order chi connectivity index (χ0) is 22.9. The molecule has 2 aromatic carbocycles. The van der Waals surface area contributed by atoms with Crippen molar-refractivity contribution < 1.29 is 8.68 Å². The van der Waals surface area contributed by atoms with E-state index in [9.17, 15) is 0 Å². The second kappa shape index (κ2) is 6.04. The second-order valence-electron chi connectivity index (χ2n) is 9.34. The first kappa shape index (κ1) is 15.5. The first-order valence-electron chi connectivity index (χ1n) is 11.5. The first-order valence-corrected chi connectivity index (χ1v) is 10.0. The molecule has 0 N–H and O–H groups in total. The molecule has 0 amide bonds. The highest BCUT2D eigenvalue weighted by Crippen LogP contribution is 2.52. The SMILES string of the molecule is [2H]C([2H])([2H])c1c[n+](C)c(-c2c(C)ccc3c2C(C)(C)c2ccccc2C3(C)C)cc1C. The summed E-state index contributed by atoms with van der Waals surface area (Å²) in [5, 5.41) is 0. The van der Waals surface area contributed by atoms with Crippen LogP contribution in [0.5, 0.6) is 0 Å². The van der Waals surface area contributed by atoms with Gasteiger partial charge < -0.3 is 0 Å². The molecule has 0 spiro atoms. The van der Waals surface area contributed by atoms with Gasteiger partial charge >= 0.3 is 0 Å². The molecule has 28 heavy (non-hydrogen) atoms. The van der Waals surface area contributed by atoms with Crippen molar-refractivity contribution in [1.82, 2.24) is 0 Å². The fourth-order valence-electron chi connectivity index (χ4n) is 5.06. The minimum absolute atomic E-state index is 0.115. The van der Waals surface area contributed by atoms with Crippen molar-refractivity contribution in [3.63, 3.8) is 0 Å². The molecule has 0 saturated carbocycles. The minimum atomic E-state index is -2.12. The normalized spacial score (nSPS) is 18.5. The summed E-state index contributed by atoms with van der Waals surface area (Å²) in [7, 11) is 1.96. The Morgan fingerprint density at radius 1 is 0.786 bits per heavy atom. The smallest absolute Gasteiger partial charge is 0.201 e. The molecule has 0 bridgehead atoms. The zero-order valence-electron chi connectivity index (χ0n) is 21.1. The van der Waals surface area contributed by atoms with Gasteiger partial charge in [-0.15, -0.1) is 0 Å². The van der Waals surface area contributed by atoms with Crippen molar-refractivity contribution in [1.29, 1.82) is 0 Å². The van der Waals surface area contributed by atoms with E-state index in [1.807, 2.05) is 24.6 Å². The van der Waals surface area contributed by atoms with Gasteiger partial charge in [0.25, 0.3) is 0 Å². The highest BCUT2D eigenvalue weighted by atomic mass is 14.9. The van der Waals surface area contributed by atoms with E-state index in [1.165, 1.54) is 33.4 Å². The van der Waals surface area contributed by atoms with Crippen LogP contribution in [0, 0.1) is 20.7 Å². The molecule has 1 heterocycles. The van der Waals surface area contributed by atoms with Crippen LogP contribution in [0.15, 0.2) is 48.7 Å². The van der Waals surface area contributed by atoms with E-state index in [4.69, 9.17) is 4.11 Å². The number of aromatic nitrogens is 1. The van der Waals surface area contributed by atoms with E-state index in [-0.39, 0.29) is 10.8 Å². The molecule has 1 aliphatic rings. The first-order chi connectivity index (χ1) is 14.3. The summed E-state index contributed by atoms with van der Waals surface area (Å²) < 4.78 is 25.7. The Morgan fingerprint density at radius 3 is 2.07 bits per heavy atom. The Morgan fingerprint density at radius 2 is 1.43 bits per heavy atom. The fourth-order valence-corrected chi connectivity index (χ4v) is 5.06. The summed E-state index contributed by atoms with van der Waals surface area (Å²) in [5.74, 6) is 0. The maximum atomic E-state index is 7.90. The van der Waals surface area contributed by atoms with Crippen LogP contribution in [0.1, 0.15) is 70.8 Å². The van der Waals surface area contributed by atoms with Crippen LogP contribution in [-0.4, -0.2) is 0 Å². The van der Waals surface area contributed by atoms with Crippen molar-refractivity contribution in [3.8, 4) is 11.3 Å². The number of rotatable bonds is 1. The highest BCUT2D eigenvalue weighted by molar-refractivity contribution is 5.75. The third-order valence-corrected chi connectivity index (χ3v) is 6.72. The lowest BCUT2D eigenvalue weighted by Crippen LogP contribution is -2.39. The van der Waals surface area contributed by atoms with E-state index < -0.39 is 6.85 Å². The molecular formula is C27H32N+. The number of benzene rings is 2. The molecule has 3 aromatic rings. The number of fused-ring (bicyclic) bond motifs is 2. The predicted molar refractivity (Wildman–Crippen MR) is 118 cm³/mol. The molecule has 0 atom stereocenters. The van der Waals surface area contributed by atoms with E-state index in [2.05, 4.69) is 71.0 Å². The molecule has 0 saturated heterocycles. The Labute approximate surface area is 174 Å². The quantitative estimate of drug-likeness (QED) is 0.456. The standard InChI is InChI=1S/C27H32N/c1-17-13-14-22-25(24(17)23-15-18(2)19(3)16-28(23)8)27(6,7)21-12-10-9-11-20(21)26(22,4)5/h9-16H,1-8H3/q+1/i3D3. The van der Waals surface area contributed by atoms with Crippen LogP contribution >= 0.6 is 0 Å². The lowest BCUT2D eigenvalue weighted by atomic mass is 9.58. The lowest BCUT2D eigenvalue weighted by molar-refractivity contribution is -0.660. The van der Waals surface area contributed by atoms with Gasteiger partial charge in [0.2, 0.25) is 5.69 Å². The third-order valence-electron chi connectivity index (χ3n) is 6.72. The summed E-state index contributed by atoms with van der Waals surface area (Å²) >= 11 is 0. The Kier molecular flexibility index (Phi) is 3.35. The monoisotopic (exact) mass is 373 g/mol. The van der Waals surface area contributed by atoms with E-state index >= 15 is 0 Å². The minimum Gasteiger partial charge on any atom is -0.201 e. The van der Waals surface area contributed by atoms with E-state index in [0.717, 1.165) is 11.3 Å². The molecule has 0 aliphatic heterocycles. The Balaban J connectivity index is 2.09. The average molecular weight is 374 g/mol. The molecule has 1 heteroatoms. The van der Waals surface area contributed by atoms with Crippen molar-refractivity contribution >= 4 is 0 Å². The summed E-state index contributed by atoms with van der Waals surface area (Å²) in [5.41, 5.74) is 9.82. The largest absolute Gasteiger partial charge is 0.213 e. The van der Waals surface area contributed by atoms with Crippen LogP contribution in [-0.2, 0) is 17.9 Å². The summed E-state index contributed by atoms with van der Waals surface area (Å²) in [4.78, 5) is 0. The summed E-state index contributed by atoms with van der Waals surface area (Å²) in [6, 6.07) is 15.3. The van der Waals surface area contributed by atoms with Gasteiger partial charge in [0.15, 0.2) is 6.20 Å². The van der Waals surface area contributed by atoms with E-state index in [0.29, 0.717) is 5.56 Å². The predicted octanol–water partition coefficient (Wildman–Crippen LogP) is 6.07. The van der Waals surface area contributed by atoms with Crippen molar-refractivity contribution in [2.24, 2.45) is 7.05 Å². The van der Waals surface area contributed by atoms with Gasteiger partial charge in [-0.2, -0.15) is 0 Å². The maximum Gasteiger partial charge on any atom is 0.213 e. The molecule has 144 valence electrons. The van der Waals surface area contributed by atoms with Crippen LogP contribution in [0.4, 0.5) is 0 Å². The van der Waals surface area contributed by atoms with E-state index in [1.54, 1.807) is 6.20 Å². The molecule has 1 aliphatic carbocycles. The maximum absolute atomic E-state index is 7.90. The van der Waals surface area contributed by atoms with Crippen molar-refractivity contribution in [3.05, 3.63) is 87.6 Å².